The summed E-state index contributed by atoms with van der Waals surface area (Å²) in [6.07, 6.45) is 6.58. The second-order valence-electron chi connectivity index (χ2n) is 5.86. The highest BCUT2D eigenvalue weighted by Crippen LogP contribution is 2.38. The summed E-state index contributed by atoms with van der Waals surface area (Å²) >= 11 is 6.20. The fourth-order valence-corrected chi connectivity index (χ4v) is 2.99. The van der Waals surface area contributed by atoms with Crippen LogP contribution in [0.25, 0.3) is 17.5 Å². The summed E-state index contributed by atoms with van der Waals surface area (Å²) in [4.78, 5) is 19.4. The van der Waals surface area contributed by atoms with Crippen LogP contribution in [0.2, 0.25) is 5.02 Å². The van der Waals surface area contributed by atoms with Crippen molar-refractivity contribution >= 4 is 29.3 Å². The lowest BCUT2D eigenvalue weighted by Gasteiger charge is -2.19. The van der Waals surface area contributed by atoms with E-state index in [2.05, 4.69) is 15.3 Å². The Morgan fingerprint density at radius 1 is 1.19 bits per heavy atom. The molecule has 2 N–H and O–H groups in total. The second-order valence-corrected chi connectivity index (χ2v) is 6.27. The van der Waals surface area contributed by atoms with E-state index in [1.807, 2.05) is 24.3 Å². The van der Waals surface area contributed by atoms with Crippen LogP contribution in [0, 0.1) is 0 Å². The Hall–Kier alpha value is -3.25. The van der Waals surface area contributed by atoms with E-state index >= 15 is 0 Å². The van der Waals surface area contributed by atoms with E-state index in [0.29, 0.717) is 35.4 Å². The number of aromatic amines is 1. The molecule has 0 unspecified atom stereocenters. The standard InChI is InChI=1S/C20H16ClN3O3/c21-16-11-13(12-17-19(16)27-10-9-26-17)1-6-18(25)24-15-4-2-14(3-5-15)20-22-7-8-23-20/h1-8,11-12H,9-10H2,(H,22,23)(H,24,25). The number of anilines is 1. The molecule has 3 aromatic rings. The summed E-state index contributed by atoms with van der Waals surface area (Å²) < 4.78 is 11.0. The van der Waals surface area contributed by atoms with Gasteiger partial charge in [0, 0.05) is 29.7 Å². The summed E-state index contributed by atoms with van der Waals surface area (Å²) in [6.45, 7) is 0.952. The van der Waals surface area contributed by atoms with Gasteiger partial charge in [-0.2, -0.15) is 0 Å². The lowest BCUT2D eigenvalue weighted by molar-refractivity contribution is -0.111. The molecule has 2 aromatic carbocycles. The van der Waals surface area contributed by atoms with Gasteiger partial charge in [0.15, 0.2) is 11.5 Å². The van der Waals surface area contributed by atoms with Crippen LogP contribution in [-0.2, 0) is 4.79 Å². The molecule has 0 fully saturated rings. The molecule has 0 bridgehead atoms. The lowest BCUT2D eigenvalue weighted by Crippen LogP contribution is -2.15. The number of rotatable bonds is 4. The molecular weight excluding hydrogens is 366 g/mol. The van der Waals surface area contributed by atoms with Crippen LogP contribution in [0.5, 0.6) is 11.5 Å². The number of nitrogens with one attached hydrogen (secondary N) is 2. The molecule has 1 amide bonds. The van der Waals surface area contributed by atoms with E-state index in [1.165, 1.54) is 6.08 Å². The number of hydrogen-bond donors (Lipinski definition) is 2. The maximum atomic E-state index is 12.2. The maximum Gasteiger partial charge on any atom is 0.248 e. The number of nitrogens with zero attached hydrogens (tertiary/aromatic N) is 1. The highest BCUT2D eigenvalue weighted by atomic mass is 35.5. The Labute approximate surface area is 160 Å². The molecule has 0 radical (unpaired) electrons. The highest BCUT2D eigenvalue weighted by molar-refractivity contribution is 6.32. The van der Waals surface area contributed by atoms with Crippen LogP contribution in [0.15, 0.2) is 54.9 Å². The SMILES string of the molecule is O=C(C=Cc1cc(Cl)c2c(c1)OCCO2)Nc1ccc(-c2ncc[nH]2)cc1. The first kappa shape index (κ1) is 17.2. The first-order chi connectivity index (χ1) is 13.2. The fourth-order valence-electron chi connectivity index (χ4n) is 2.72. The minimum Gasteiger partial charge on any atom is -0.486 e. The number of H-pyrrole nitrogens is 1. The van der Waals surface area contributed by atoms with Gasteiger partial charge in [-0.1, -0.05) is 11.6 Å². The average molecular weight is 382 g/mol. The topological polar surface area (TPSA) is 76.2 Å². The average Bonchev–Trinajstić information content (AvgIpc) is 3.22. The molecule has 1 aromatic heterocycles. The molecule has 1 aliphatic heterocycles. The molecule has 1 aliphatic rings. The smallest absolute Gasteiger partial charge is 0.248 e. The third kappa shape index (κ3) is 3.96. The molecule has 27 heavy (non-hydrogen) atoms. The fraction of sp³-hybridized carbons (Fsp3) is 0.100. The van der Waals surface area contributed by atoms with Crippen molar-refractivity contribution in [3.63, 3.8) is 0 Å². The van der Waals surface area contributed by atoms with E-state index in [4.69, 9.17) is 21.1 Å². The number of benzene rings is 2. The van der Waals surface area contributed by atoms with Gasteiger partial charge >= 0.3 is 0 Å². The first-order valence-corrected chi connectivity index (χ1v) is 8.75. The normalized spacial score (nSPS) is 12.9. The van der Waals surface area contributed by atoms with Crippen molar-refractivity contribution in [3.05, 3.63) is 65.5 Å². The van der Waals surface area contributed by atoms with Crippen LogP contribution in [0.3, 0.4) is 0 Å². The third-order valence-corrected chi connectivity index (χ3v) is 4.25. The van der Waals surface area contributed by atoms with Gasteiger partial charge in [-0.15, -0.1) is 0 Å². The molecule has 6 nitrogen and oxygen atoms in total. The molecule has 0 saturated heterocycles. The number of carbonyl (C=O) groups is 1. The summed E-state index contributed by atoms with van der Waals surface area (Å²) in [5.74, 6) is 1.67. The first-order valence-electron chi connectivity index (χ1n) is 8.37. The van der Waals surface area contributed by atoms with Gasteiger partial charge in [-0.3, -0.25) is 4.79 Å². The lowest BCUT2D eigenvalue weighted by atomic mass is 10.1. The molecule has 7 heteroatoms. The summed E-state index contributed by atoms with van der Waals surface area (Å²) in [7, 11) is 0. The van der Waals surface area contributed by atoms with Crippen molar-refractivity contribution in [3.8, 4) is 22.9 Å². The molecule has 4 rings (SSSR count). The van der Waals surface area contributed by atoms with E-state index in [-0.39, 0.29) is 5.91 Å². The van der Waals surface area contributed by atoms with Crippen LogP contribution in [0.1, 0.15) is 5.56 Å². The van der Waals surface area contributed by atoms with Crippen molar-refractivity contribution in [1.82, 2.24) is 9.97 Å². The summed E-state index contributed by atoms with van der Waals surface area (Å²) in [5, 5.41) is 3.28. The molecule has 0 spiro atoms. The summed E-state index contributed by atoms with van der Waals surface area (Å²) in [6, 6.07) is 11.0. The predicted molar refractivity (Wildman–Crippen MR) is 104 cm³/mol. The van der Waals surface area contributed by atoms with Crippen molar-refractivity contribution in [1.29, 1.82) is 0 Å². The number of aromatic nitrogens is 2. The Bertz CT molecular complexity index is 982. The van der Waals surface area contributed by atoms with Gasteiger partial charge in [0.05, 0.1) is 5.02 Å². The maximum absolute atomic E-state index is 12.2. The Morgan fingerprint density at radius 3 is 2.78 bits per heavy atom. The Kier molecular flexibility index (Phi) is 4.80. The number of fused-ring (bicyclic) bond motifs is 1. The van der Waals surface area contributed by atoms with Crippen molar-refractivity contribution in [2.45, 2.75) is 0 Å². The zero-order valence-electron chi connectivity index (χ0n) is 14.2. The van der Waals surface area contributed by atoms with Crippen LogP contribution in [-0.4, -0.2) is 29.1 Å². The van der Waals surface area contributed by atoms with Crippen LogP contribution >= 0.6 is 11.6 Å². The van der Waals surface area contributed by atoms with Gasteiger partial charge in [0.25, 0.3) is 0 Å². The van der Waals surface area contributed by atoms with E-state index in [0.717, 1.165) is 17.0 Å². The number of carbonyl (C=O) groups excluding carboxylic acids is 1. The Morgan fingerprint density at radius 2 is 2.00 bits per heavy atom. The quantitative estimate of drug-likeness (QED) is 0.665. The monoisotopic (exact) mass is 381 g/mol. The molecule has 136 valence electrons. The second kappa shape index (κ2) is 7.55. The van der Waals surface area contributed by atoms with Gasteiger partial charge in [0.2, 0.25) is 5.91 Å². The zero-order chi connectivity index (χ0) is 18.6. The molecule has 2 heterocycles. The third-order valence-electron chi connectivity index (χ3n) is 3.97. The number of halogens is 1. The van der Waals surface area contributed by atoms with Gasteiger partial charge in [-0.25, -0.2) is 4.98 Å². The van der Waals surface area contributed by atoms with Crippen LogP contribution in [0.4, 0.5) is 5.69 Å². The number of imidazole rings is 1. The zero-order valence-corrected chi connectivity index (χ0v) is 15.0. The highest BCUT2D eigenvalue weighted by Gasteiger charge is 2.16. The number of ether oxygens (including phenoxy) is 2. The molecule has 0 aliphatic carbocycles. The number of hydrogen-bond acceptors (Lipinski definition) is 4. The van der Waals surface area contributed by atoms with E-state index in [1.54, 1.807) is 30.6 Å². The van der Waals surface area contributed by atoms with Crippen molar-refractivity contribution < 1.29 is 14.3 Å². The van der Waals surface area contributed by atoms with Gasteiger partial charge in [0.1, 0.15) is 19.0 Å². The minimum atomic E-state index is -0.244. The van der Waals surface area contributed by atoms with E-state index in [9.17, 15) is 4.79 Å². The van der Waals surface area contributed by atoms with Crippen molar-refractivity contribution in [2.24, 2.45) is 0 Å². The largest absolute Gasteiger partial charge is 0.486 e. The number of amides is 1. The van der Waals surface area contributed by atoms with Crippen molar-refractivity contribution in [2.75, 3.05) is 18.5 Å². The molecule has 0 saturated carbocycles. The van der Waals surface area contributed by atoms with E-state index < -0.39 is 0 Å². The van der Waals surface area contributed by atoms with Gasteiger partial charge in [-0.05, 0) is 48.0 Å². The minimum absolute atomic E-state index is 0.244. The van der Waals surface area contributed by atoms with Gasteiger partial charge < -0.3 is 19.8 Å². The predicted octanol–water partition coefficient (Wildman–Crippen LogP) is 4.15. The Balaban J connectivity index is 1.42. The molecular formula is C20H16ClN3O3. The van der Waals surface area contributed by atoms with Crippen LogP contribution < -0.4 is 14.8 Å². The summed E-state index contributed by atoms with van der Waals surface area (Å²) in [5.41, 5.74) is 2.40. The molecule has 0 atom stereocenters.